The smallest absolute Gasteiger partial charge is 0.316 e. The summed E-state index contributed by atoms with van der Waals surface area (Å²) >= 11 is 0. The first kappa shape index (κ1) is 19.6. The van der Waals surface area contributed by atoms with Crippen LogP contribution in [0.4, 0.5) is 5.69 Å². The van der Waals surface area contributed by atoms with Gasteiger partial charge in [0, 0.05) is 5.69 Å². The number of nitrogens with one attached hydrogen (secondary N) is 2. The maximum atomic E-state index is 12.3. The zero-order valence-electron chi connectivity index (χ0n) is 16.0. The summed E-state index contributed by atoms with van der Waals surface area (Å²) < 4.78 is 0. The number of rotatable bonds is 4. The van der Waals surface area contributed by atoms with Crippen LogP contribution in [0.5, 0.6) is 0 Å². The lowest BCUT2D eigenvalue weighted by atomic mass is 9.89. The van der Waals surface area contributed by atoms with Crippen molar-refractivity contribution >= 4 is 23.4 Å². The number of benzene rings is 2. The van der Waals surface area contributed by atoms with Crippen molar-refractivity contribution in [2.24, 2.45) is 0 Å². The zero-order chi connectivity index (χ0) is 20.1. The first-order chi connectivity index (χ1) is 13.5. The van der Waals surface area contributed by atoms with Crippen molar-refractivity contribution in [3.63, 3.8) is 0 Å². The van der Waals surface area contributed by atoms with Crippen LogP contribution in [0.1, 0.15) is 59.3 Å². The minimum Gasteiger partial charge on any atom is -0.398 e. The molecule has 0 heterocycles. The number of hydrogen-bond acceptors (Lipinski definition) is 4. The average Bonchev–Trinajstić information content (AvgIpc) is 2.71. The maximum Gasteiger partial charge on any atom is 0.316 e. The highest BCUT2D eigenvalue weighted by atomic mass is 16.2. The highest BCUT2D eigenvalue weighted by molar-refractivity contribution is 6.38. The van der Waals surface area contributed by atoms with Gasteiger partial charge in [-0.05, 0) is 60.9 Å². The molecule has 6 heteroatoms. The summed E-state index contributed by atoms with van der Waals surface area (Å²) in [4.78, 5) is 36.7. The number of para-hydroxylation sites is 1. The van der Waals surface area contributed by atoms with Gasteiger partial charge in [0.15, 0.2) is 0 Å². The first-order valence-corrected chi connectivity index (χ1v) is 9.62. The Labute approximate surface area is 164 Å². The number of hydrogen-bond donors (Lipinski definition) is 3. The topological polar surface area (TPSA) is 101 Å². The summed E-state index contributed by atoms with van der Waals surface area (Å²) in [5.41, 5.74) is 9.79. The quantitative estimate of drug-likeness (QED) is 0.561. The van der Waals surface area contributed by atoms with Crippen molar-refractivity contribution < 1.29 is 14.4 Å². The van der Waals surface area contributed by atoms with Crippen LogP contribution in [0.3, 0.4) is 0 Å². The van der Waals surface area contributed by atoms with E-state index in [1.807, 2.05) is 13.0 Å². The minimum absolute atomic E-state index is 0.158. The Morgan fingerprint density at radius 2 is 1.71 bits per heavy atom. The third-order valence-electron chi connectivity index (χ3n) is 5.13. The SMILES string of the molecule is CCC(NC(=O)C(=O)NC(=O)c1ccccc1N)c1ccc2c(c1)CCCC2. The Kier molecular flexibility index (Phi) is 6.09. The lowest BCUT2D eigenvalue weighted by Crippen LogP contribution is -2.44. The van der Waals surface area contributed by atoms with Gasteiger partial charge in [-0.25, -0.2) is 0 Å². The van der Waals surface area contributed by atoms with Crippen molar-refractivity contribution in [3.8, 4) is 0 Å². The number of fused-ring (bicyclic) bond motifs is 1. The summed E-state index contributed by atoms with van der Waals surface area (Å²) in [6.07, 6.45) is 5.15. The summed E-state index contributed by atoms with van der Waals surface area (Å²) in [7, 11) is 0. The Bertz CT molecular complexity index is 908. The molecule has 3 rings (SSSR count). The molecule has 0 saturated carbocycles. The van der Waals surface area contributed by atoms with Crippen molar-refractivity contribution in [2.75, 3.05) is 5.73 Å². The minimum atomic E-state index is -0.996. The van der Waals surface area contributed by atoms with Crippen LogP contribution >= 0.6 is 0 Å². The fourth-order valence-electron chi connectivity index (χ4n) is 3.55. The molecule has 2 aromatic rings. The molecule has 4 N–H and O–H groups in total. The van der Waals surface area contributed by atoms with E-state index in [1.54, 1.807) is 18.2 Å². The van der Waals surface area contributed by atoms with Crippen molar-refractivity contribution in [2.45, 2.75) is 45.1 Å². The number of aryl methyl sites for hydroxylation is 2. The van der Waals surface area contributed by atoms with Gasteiger partial charge in [-0.3, -0.25) is 19.7 Å². The molecule has 2 aromatic carbocycles. The lowest BCUT2D eigenvalue weighted by Gasteiger charge is -2.21. The average molecular weight is 379 g/mol. The standard InChI is InChI=1S/C22H25N3O3/c1-2-19(16-12-11-14-7-3-4-8-15(14)13-16)24-21(27)22(28)25-20(26)17-9-5-6-10-18(17)23/h5-6,9-13,19H,2-4,7-8,23H2,1H3,(H,24,27)(H,25,26,28). The number of nitrogen functional groups attached to an aromatic ring is 1. The summed E-state index contributed by atoms with van der Waals surface area (Å²) in [6, 6.07) is 12.3. The molecule has 146 valence electrons. The van der Waals surface area contributed by atoms with Gasteiger partial charge in [-0.1, -0.05) is 37.3 Å². The van der Waals surface area contributed by atoms with Gasteiger partial charge in [0.05, 0.1) is 11.6 Å². The second-order valence-corrected chi connectivity index (χ2v) is 7.04. The van der Waals surface area contributed by atoms with E-state index >= 15 is 0 Å². The van der Waals surface area contributed by atoms with E-state index in [9.17, 15) is 14.4 Å². The number of amides is 3. The zero-order valence-corrected chi connectivity index (χ0v) is 16.0. The lowest BCUT2D eigenvalue weighted by molar-refractivity contribution is -0.139. The van der Waals surface area contributed by atoms with Crippen LogP contribution in [-0.2, 0) is 22.4 Å². The van der Waals surface area contributed by atoms with Crippen LogP contribution in [0.2, 0.25) is 0 Å². The molecule has 1 aliphatic carbocycles. The van der Waals surface area contributed by atoms with Gasteiger partial charge >= 0.3 is 11.8 Å². The van der Waals surface area contributed by atoms with E-state index in [1.165, 1.54) is 30.0 Å². The molecule has 6 nitrogen and oxygen atoms in total. The van der Waals surface area contributed by atoms with E-state index in [-0.39, 0.29) is 17.3 Å². The summed E-state index contributed by atoms with van der Waals surface area (Å²) in [5.74, 6) is -2.53. The van der Waals surface area contributed by atoms with Gasteiger partial charge < -0.3 is 11.1 Å². The van der Waals surface area contributed by atoms with E-state index < -0.39 is 17.7 Å². The summed E-state index contributed by atoms with van der Waals surface area (Å²) in [6.45, 7) is 1.94. The van der Waals surface area contributed by atoms with E-state index in [2.05, 4.69) is 22.8 Å². The van der Waals surface area contributed by atoms with Crippen LogP contribution in [0.15, 0.2) is 42.5 Å². The molecule has 1 atom stereocenters. The monoisotopic (exact) mass is 379 g/mol. The number of nitrogens with two attached hydrogens (primary N) is 1. The molecular formula is C22H25N3O3. The highest BCUT2D eigenvalue weighted by Crippen LogP contribution is 2.26. The highest BCUT2D eigenvalue weighted by Gasteiger charge is 2.22. The molecule has 0 spiro atoms. The maximum absolute atomic E-state index is 12.3. The molecule has 1 unspecified atom stereocenters. The van der Waals surface area contributed by atoms with Crippen molar-refractivity contribution in [1.29, 1.82) is 0 Å². The van der Waals surface area contributed by atoms with Crippen LogP contribution < -0.4 is 16.4 Å². The molecular weight excluding hydrogens is 354 g/mol. The van der Waals surface area contributed by atoms with Crippen LogP contribution in [0.25, 0.3) is 0 Å². The van der Waals surface area contributed by atoms with Gasteiger partial charge in [-0.2, -0.15) is 0 Å². The van der Waals surface area contributed by atoms with E-state index in [0.29, 0.717) is 6.42 Å². The molecule has 28 heavy (non-hydrogen) atoms. The third kappa shape index (κ3) is 4.39. The Balaban J connectivity index is 1.66. The molecule has 0 aliphatic heterocycles. The molecule has 0 fully saturated rings. The Morgan fingerprint density at radius 3 is 2.43 bits per heavy atom. The predicted molar refractivity (Wildman–Crippen MR) is 108 cm³/mol. The number of carbonyl (C=O) groups is 3. The number of carbonyl (C=O) groups excluding carboxylic acids is 3. The number of imide groups is 1. The van der Waals surface area contributed by atoms with Crippen molar-refractivity contribution in [1.82, 2.24) is 10.6 Å². The molecule has 1 aliphatic rings. The molecule has 3 amide bonds. The normalized spacial score (nSPS) is 13.9. The van der Waals surface area contributed by atoms with Gasteiger partial charge in [-0.15, -0.1) is 0 Å². The number of anilines is 1. The third-order valence-corrected chi connectivity index (χ3v) is 5.13. The molecule has 0 aromatic heterocycles. The fourth-order valence-corrected chi connectivity index (χ4v) is 3.55. The van der Waals surface area contributed by atoms with Crippen LogP contribution in [0, 0.1) is 0 Å². The van der Waals surface area contributed by atoms with Gasteiger partial charge in [0.1, 0.15) is 0 Å². The second-order valence-electron chi connectivity index (χ2n) is 7.04. The largest absolute Gasteiger partial charge is 0.398 e. The van der Waals surface area contributed by atoms with E-state index in [0.717, 1.165) is 18.4 Å². The Morgan fingerprint density at radius 1 is 1.00 bits per heavy atom. The fraction of sp³-hybridized carbons (Fsp3) is 0.318. The first-order valence-electron chi connectivity index (χ1n) is 9.62. The predicted octanol–water partition coefficient (Wildman–Crippen LogP) is 2.67. The van der Waals surface area contributed by atoms with Gasteiger partial charge in [0.25, 0.3) is 5.91 Å². The Hall–Kier alpha value is -3.15. The molecule has 0 saturated heterocycles. The second kappa shape index (κ2) is 8.69. The molecule has 0 bridgehead atoms. The van der Waals surface area contributed by atoms with Crippen LogP contribution in [-0.4, -0.2) is 17.7 Å². The molecule has 0 radical (unpaired) electrons. The summed E-state index contributed by atoms with van der Waals surface area (Å²) in [5, 5.41) is 4.82. The van der Waals surface area contributed by atoms with Gasteiger partial charge in [0.2, 0.25) is 0 Å². The van der Waals surface area contributed by atoms with Crippen molar-refractivity contribution in [3.05, 3.63) is 64.7 Å². The van der Waals surface area contributed by atoms with E-state index in [4.69, 9.17) is 5.73 Å².